The molecule has 0 bridgehead atoms. The van der Waals surface area contributed by atoms with Crippen LogP contribution in [-0.4, -0.2) is 62.8 Å². The molecule has 2 unspecified atom stereocenters. The maximum atomic E-state index is 12.7. The Morgan fingerprint density at radius 1 is 1.39 bits per heavy atom. The minimum atomic E-state index is -3.68. The van der Waals surface area contributed by atoms with Crippen molar-refractivity contribution in [3.63, 3.8) is 0 Å². The van der Waals surface area contributed by atoms with Crippen LogP contribution in [0.5, 0.6) is 0 Å². The van der Waals surface area contributed by atoms with Gasteiger partial charge in [-0.15, -0.1) is 12.4 Å². The van der Waals surface area contributed by atoms with E-state index in [0.29, 0.717) is 17.9 Å². The van der Waals surface area contributed by atoms with E-state index in [1.54, 1.807) is 11.8 Å². The zero-order valence-corrected chi connectivity index (χ0v) is 15.6. The van der Waals surface area contributed by atoms with Crippen LogP contribution in [0.15, 0.2) is 15.6 Å². The predicted octanol–water partition coefficient (Wildman–Crippen LogP) is 1.08. The van der Waals surface area contributed by atoms with E-state index >= 15 is 0 Å². The minimum absolute atomic E-state index is 0. The topological polar surface area (TPSA) is 82.9 Å². The number of carbonyl (C=O) groups is 1. The van der Waals surface area contributed by atoms with Gasteiger partial charge in [0.15, 0.2) is 0 Å². The number of halogens is 1. The first-order chi connectivity index (χ1) is 10.2. The number of nitrogens with one attached hydrogen (secondary N) is 1. The van der Waals surface area contributed by atoms with E-state index in [9.17, 15) is 13.2 Å². The van der Waals surface area contributed by atoms with Gasteiger partial charge in [-0.25, -0.2) is 12.7 Å². The molecule has 2 atom stereocenters. The fourth-order valence-electron chi connectivity index (χ4n) is 2.47. The molecule has 1 saturated heterocycles. The maximum absolute atomic E-state index is 12.7. The van der Waals surface area contributed by atoms with Crippen molar-refractivity contribution in [2.75, 3.05) is 27.2 Å². The van der Waals surface area contributed by atoms with Crippen LogP contribution >= 0.6 is 12.4 Å². The Balaban J connectivity index is 0.00000264. The third kappa shape index (κ3) is 3.71. The van der Waals surface area contributed by atoms with E-state index in [2.05, 4.69) is 5.32 Å². The van der Waals surface area contributed by atoms with Gasteiger partial charge in [-0.2, -0.15) is 0 Å². The van der Waals surface area contributed by atoms with Crippen LogP contribution in [0.4, 0.5) is 0 Å². The van der Waals surface area contributed by atoms with Crippen molar-refractivity contribution >= 4 is 28.3 Å². The van der Waals surface area contributed by atoms with Gasteiger partial charge in [-0.05, 0) is 20.8 Å². The summed E-state index contributed by atoms with van der Waals surface area (Å²) in [5.41, 5.74) is 0.307. The molecule has 7 nitrogen and oxygen atoms in total. The fraction of sp³-hybridized carbons (Fsp3) is 0.643. The largest absolute Gasteiger partial charge is 0.448 e. The van der Waals surface area contributed by atoms with Gasteiger partial charge in [0.1, 0.15) is 5.76 Å². The van der Waals surface area contributed by atoms with Gasteiger partial charge in [0, 0.05) is 45.3 Å². The highest BCUT2D eigenvalue weighted by Gasteiger charge is 2.32. The molecular formula is C14H24ClN3O4S. The van der Waals surface area contributed by atoms with Crippen molar-refractivity contribution in [3.8, 4) is 0 Å². The summed E-state index contributed by atoms with van der Waals surface area (Å²) in [6.07, 6.45) is 0. The van der Waals surface area contributed by atoms with E-state index in [4.69, 9.17) is 4.42 Å². The zero-order valence-electron chi connectivity index (χ0n) is 14.0. The van der Waals surface area contributed by atoms with Crippen LogP contribution in [-0.2, 0) is 10.0 Å². The van der Waals surface area contributed by atoms with Crippen molar-refractivity contribution in [2.45, 2.75) is 37.9 Å². The highest BCUT2D eigenvalue weighted by molar-refractivity contribution is 7.88. The van der Waals surface area contributed by atoms with E-state index in [1.807, 2.05) is 13.8 Å². The quantitative estimate of drug-likeness (QED) is 0.866. The number of carbonyl (C=O) groups excluding carboxylic acids is 1. The molecule has 9 heteroatoms. The van der Waals surface area contributed by atoms with Crippen molar-refractivity contribution in [1.82, 2.24) is 14.5 Å². The first-order valence-corrected chi connectivity index (χ1v) is 8.67. The summed E-state index contributed by atoms with van der Waals surface area (Å²) in [5, 5.41) is 3.11. The zero-order chi connectivity index (χ0) is 16.7. The Kier molecular flexibility index (Phi) is 6.25. The highest BCUT2D eigenvalue weighted by atomic mass is 35.5. The Morgan fingerprint density at radius 2 is 2.00 bits per heavy atom. The van der Waals surface area contributed by atoms with E-state index in [0.717, 1.165) is 10.8 Å². The van der Waals surface area contributed by atoms with Gasteiger partial charge in [0.2, 0.25) is 5.09 Å². The van der Waals surface area contributed by atoms with E-state index in [1.165, 1.54) is 20.2 Å². The number of rotatable bonds is 3. The van der Waals surface area contributed by atoms with Crippen molar-refractivity contribution in [2.24, 2.45) is 0 Å². The molecule has 0 aromatic carbocycles. The highest BCUT2D eigenvalue weighted by Crippen LogP contribution is 2.24. The lowest BCUT2D eigenvalue weighted by atomic mass is 10.1. The molecule has 1 N–H and O–H groups in total. The molecule has 1 amide bonds. The van der Waals surface area contributed by atoms with Crippen LogP contribution in [0, 0.1) is 6.92 Å². The molecule has 2 rings (SSSR count). The first kappa shape index (κ1) is 20.0. The molecule has 1 fully saturated rings. The summed E-state index contributed by atoms with van der Waals surface area (Å²) >= 11 is 0. The second-order valence-electron chi connectivity index (χ2n) is 5.80. The third-order valence-electron chi connectivity index (χ3n) is 4.16. The number of piperazine rings is 1. The SMILES string of the molecule is Cc1oc(S(=O)(=O)N(C)C)cc1C(=O)N1CCNC(C)C1C.Cl. The van der Waals surface area contributed by atoms with E-state index < -0.39 is 10.0 Å². The molecule has 23 heavy (non-hydrogen) atoms. The monoisotopic (exact) mass is 365 g/mol. The standard InChI is InChI=1S/C14H23N3O4S.ClH/c1-9-10(2)17(7-6-15-9)14(18)12-8-13(21-11(12)3)22(19,20)16(4)5;/h8-10,15H,6-7H2,1-5H3;1H. The number of hydrogen-bond acceptors (Lipinski definition) is 5. The predicted molar refractivity (Wildman–Crippen MR) is 89.5 cm³/mol. The summed E-state index contributed by atoms with van der Waals surface area (Å²) in [7, 11) is -0.833. The summed E-state index contributed by atoms with van der Waals surface area (Å²) in [6.45, 7) is 6.91. The molecule has 2 heterocycles. The molecule has 0 radical (unpaired) electrons. The number of furan rings is 1. The Morgan fingerprint density at radius 3 is 2.57 bits per heavy atom. The molecule has 0 spiro atoms. The Labute approximate surface area is 143 Å². The van der Waals surface area contributed by atoms with Crippen molar-refractivity contribution in [3.05, 3.63) is 17.4 Å². The lowest BCUT2D eigenvalue weighted by molar-refractivity contribution is 0.0601. The molecule has 1 aliphatic heterocycles. The van der Waals surface area contributed by atoms with Crippen LogP contribution in [0.3, 0.4) is 0 Å². The number of hydrogen-bond donors (Lipinski definition) is 1. The molecular weight excluding hydrogens is 342 g/mol. The molecule has 1 aliphatic rings. The maximum Gasteiger partial charge on any atom is 0.275 e. The molecule has 1 aromatic rings. The summed E-state index contributed by atoms with van der Waals surface area (Å²) in [5.74, 6) is 0.131. The summed E-state index contributed by atoms with van der Waals surface area (Å²) in [6, 6.07) is 1.55. The fourth-order valence-corrected chi connectivity index (χ4v) is 3.33. The average molecular weight is 366 g/mol. The van der Waals surface area contributed by atoms with Crippen LogP contribution in [0.1, 0.15) is 30.0 Å². The first-order valence-electron chi connectivity index (χ1n) is 7.23. The Hall–Kier alpha value is -1.09. The number of aryl methyl sites for hydroxylation is 1. The second-order valence-corrected chi connectivity index (χ2v) is 7.89. The molecule has 132 valence electrons. The third-order valence-corrected chi connectivity index (χ3v) is 5.83. The second kappa shape index (κ2) is 7.21. The number of nitrogens with zero attached hydrogens (tertiary/aromatic N) is 2. The van der Waals surface area contributed by atoms with Gasteiger partial charge in [-0.3, -0.25) is 4.79 Å². The van der Waals surface area contributed by atoms with Gasteiger partial charge in [0.05, 0.1) is 5.56 Å². The molecule has 0 aliphatic carbocycles. The van der Waals surface area contributed by atoms with Gasteiger partial charge >= 0.3 is 0 Å². The summed E-state index contributed by atoms with van der Waals surface area (Å²) in [4.78, 5) is 14.5. The van der Waals surface area contributed by atoms with Crippen molar-refractivity contribution < 1.29 is 17.6 Å². The number of amides is 1. The van der Waals surface area contributed by atoms with Crippen LogP contribution in [0.25, 0.3) is 0 Å². The van der Waals surface area contributed by atoms with Gasteiger partial charge in [0.25, 0.3) is 15.9 Å². The van der Waals surface area contributed by atoms with E-state index in [-0.39, 0.29) is 35.5 Å². The van der Waals surface area contributed by atoms with Gasteiger partial charge < -0.3 is 14.6 Å². The molecule has 0 saturated carbocycles. The van der Waals surface area contributed by atoms with Gasteiger partial charge in [-0.1, -0.05) is 0 Å². The van der Waals surface area contributed by atoms with Crippen LogP contribution < -0.4 is 5.32 Å². The number of sulfonamides is 1. The summed E-state index contributed by atoms with van der Waals surface area (Å²) < 4.78 is 30.6. The average Bonchev–Trinajstić information content (AvgIpc) is 2.83. The minimum Gasteiger partial charge on any atom is -0.448 e. The Bertz CT molecular complexity index is 672. The normalized spacial score (nSPS) is 22.1. The lowest BCUT2D eigenvalue weighted by Gasteiger charge is -2.38. The smallest absolute Gasteiger partial charge is 0.275 e. The molecule has 1 aromatic heterocycles. The van der Waals surface area contributed by atoms with Crippen molar-refractivity contribution in [1.29, 1.82) is 0 Å². The lowest BCUT2D eigenvalue weighted by Crippen LogP contribution is -2.57. The van der Waals surface area contributed by atoms with Crippen LogP contribution in [0.2, 0.25) is 0 Å².